The lowest BCUT2D eigenvalue weighted by atomic mass is 9.66. The maximum atomic E-state index is 14.2. The molecule has 0 unspecified atom stereocenters. The molecule has 2 aliphatic rings. The number of nitrogens with zero attached hydrogens (tertiary/aromatic N) is 2. The van der Waals surface area contributed by atoms with Gasteiger partial charge in [0.15, 0.2) is 6.61 Å². The number of halogens is 3. The molecule has 1 aromatic carbocycles. The first kappa shape index (κ1) is 24.6. The van der Waals surface area contributed by atoms with Crippen molar-refractivity contribution in [2.45, 2.75) is 78.6 Å². The maximum absolute atomic E-state index is 14.2. The van der Waals surface area contributed by atoms with Crippen LogP contribution in [0.2, 0.25) is 0 Å². The Morgan fingerprint density at radius 1 is 1.31 bits per heavy atom. The van der Waals surface area contributed by atoms with E-state index < -0.39 is 30.3 Å². The summed E-state index contributed by atoms with van der Waals surface area (Å²) in [5.41, 5.74) is -1.58. The number of carbonyl (C=O) groups excluding carboxylic acids is 1. The van der Waals surface area contributed by atoms with E-state index in [0.29, 0.717) is 18.6 Å². The minimum atomic E-state index is -5.05. The number of aliphatic hydroxyl groups is 1. The van der Waals surface area contributed by atoms with E-state index in [1.807, 2.05) is 53.7 Å². The number of alkyl halides is 3. The van der Waals surface area contributed by atoms with E-state index in [1.165, 1.54) is 0 Å². The molecule has 178 valence electrons. The van der Waals surface area contributed by atoms with Crippen LogP contribution >= 0.6 is 0 Å². The van der Waals surface area contributed by atoms with E-state index in [-0.39, 0.29) is 34.4 Å². The highest BCUT2D eigenvalue weighted by Gasteiger charge is 2.69. The number of fused-ring (bicyclic) bond motifs is 1. The second-order valence-electron chi connectivity index (χ2n) is 10.4. The van der Waals surface area contributed by atoms with Crippen LogP contribution in [0.25, 0.3) is 0 Å². The fourth-order valence-electron chi connectivity index (χ4n) is 4.70. The predicted octanol–water partition coefficient (Wildman–Crippen LogP) is 5.41. The molecule has 0 bridgehead atoms. The normalized spacial score (nSPS) is 26.2. The van der Waals surface area contributed by atoms with E-state index in [0.717, 1.165) is 11.1 Å². The molecule has 0 spiro atoms. The molecular formula is C24H33F3N2O3. The maximum Gasteiger partial charge on any atom is 0.439 e. The van der Waals surface area contributed by atoms with Crippen molar-refractivity contribution in [3.63, 3.8) is 0 Å². The molecule has 3 rings (SSSR count). The van der Waals surface area contributed by atoms with Gasteiger partial charge in [0.1, 0.15) is 5.75 Å². The summed E-state index contributed by atoms with van der Waals surface area (Å²) in [5, 5.41) is 15.1. The minimum Gasteiger partial charge on any atom is -0.483 e. The molecule has 0 aromatic heterocycles. The summed E-state index contributed by atoms with van der Waals surface area (Å²) in [7, 11) is 0. The van der Waals surface area contributed by atoms with Gasteiger partial charge in [-0.05, 0) is 60.6 Å². The molecule has 1 saturated carbocycles. The number of rotatable bonds is 4. The summed E-state index contributed by atoms with van der Waals surface area (Å²) in [5.74, 6) is -1.75. The fourth-order valence-corrected chi connectivity index (χ4v) is 4.70. The standard InChI is InChI=1S/C24H33F3N2O3/c1-14(2)17-9-7-15(3)11-20(17)32-13-21(30)29-23(31,24(25,26)27)18-12-16(22(4,5)6)8-10-19(18)28-29/h7,9,11,14,16,18,31H,8,10,12-13H2,1-6H3/t16-,18+,23+/m0/s1. The van der Waals surface area contributed by atoms with Crippen LogP contribution in [0.5, 0.6) is 5.75 Å². The Hall–Kier alpha value is -2.09. The van der Waals surface area contributed by atoms with Gasteiger partial charge in [-0.1, -0.05) is 46.8 Å². The Morgan fingerprint density at radius 3 is 2.53 bits per heavy atom. The first-order chi connectivity index (χ1) is 14.7. The summed E-state index contributed by atoms with van der Waals surface area (Å²) in [6.07, 6.45) is -3.93. The average molecular weight is 455 g/mol. The molecule has 1 aliphatic heterocycles. The van der Waals surface area contributed by atoms with E-state index >= 15 is 0 Å². The van der Waals surface area contributed by atoms with Crippen LogP contribution in [0.15, 0.2) is 23.3 Å². The molecule has 1 heterocycles. The van der Waals surface area contributed by atoms with Crippen molar-refractivity contribution in [1.82, 2.24) is 5.01 Å². The molecule has 1 aliphatic carbocycles. The van der Waals surface area contributed by atoms with E-state index in [2.05, 4.69) is 5.10 Å². The second-order valence-corrected chi connectivity index (χ2v) is 10.4. The van der Waals surface area contributed by atoms with Gasteiger partial charge in [-0.2, -0.15) is 23.3 Å². The number of ether oxygens (including phenoxy) is 1. The van der Waals surface area contributed by atoms with Gasteiger partial charge in [-0.15, -0.1) is 0 Å². The van der Waals surface area contributed by atoms with Crippen LogP contribution in [0, 0.1) is 24.2 Å². The number of carbonyl (C=O) groups is 1. The molecule has 32 heavy (non-hydrogen) atoms. The van der Waals surface area contributed by atoms with Gasteiger partial charge in [-0.25, -0.2) is 0 Å². The van der Waals surface area contributed by atoms with Crippen molar-refractivity contribution < 1.29 is 27.8 Å². The highest BCUT2D eigenvalue weighted by molar-refractivity contribution is 5.93. The number of amides is 1. The zero-order valence-corrected chi connectivity index (χ0v) is 19.6. The molecule has 8 heteroatoms. The van der Waals surface area contributed by atoms with Gasteiger partial charge in [0.25, 0.3) is 11.6 Å². The minimum absolute atomic E-state index is 0.0208. The Kier molecular flexibility index (Phi) is 6.41. The van der Waals surface area contributed by atoms with Gasteiger partial charge in [-0.3, -0.25) is 4.79 Å². The van der Waals surface area contributed by atoms with Crippen LogP contribution < -0.4 is 4.74 Å². The lowest BCUT2D eigenvalue weighted by Crippen LogP contribution is -2.62. The third-order valence-electron chi connectivity index (χ3n) is 6.73. The zero-order chi connectivity index (χ0) is 24.1. The highest BCUT2D eigenvalue weighted by Crippen LogP contribution is 2.51. The van der Waals surface area contributed by atoms with Crippen molar-refractivity contribution in [2.75, 3.05) is 6.61 Å². The van der Waals surface area contributed by atoms with E-state index in [4.69, 9.17) is 4.74 Å². The smallest absolute Gasteiger partial charge is 0.439 e. The van der Waals surface area contributed by atoms with Crippen LogP contribution in [-0.4, -0.2) is 40.2 Å². The van der Waals surface area contributed by atoms with E-state index in [9.17, 15) is 23.1 Å². The van der Waals surface area contributed by atoms with Gasteiger partial charge < -0.3 is 9.84 Å². The molecule has 1 N–H and O–H groups in total. The van der Waals surface area contributed by atoms with Crippen molar-refractivity contribution in [3.05, 3.63) is 29.3 Å². The van der Waals surface area contributed by atoms with Crippen LogP contribution in [0.3, 0.4) is 0 Å². The Labute approximate surface area is 187 Å². The summed E-state index contributed by atoms with van der Waals surface area (Å²) in [6.45, 7) is 11.1. The Balaban J connectivity index is 1.86. The van der Waals surface area contributed by atoms with Crippen LogP contribution in [0.1, 0.15) is 70.9 Å². The molecule has 0 saturated heterocycles. The van der Waals surface area contributed by atoms with Gasteiger partial charge in [0, 0.05) is 5.71 Å². The monoisotopic (exact) mass is 454 g/mol. The molecule has 0 radical (unpaired) electrons. The summed E-state index contributed by atoms with van der Waals surface area (Å²) < 4.78 is 48.2. The van der Waals surface area contributed by atoms with Gasteiger partial charge >= 0.3 is 6.18 Å². The summed E-state index contributed by atoms with van der Waals surface area (Å²) in [4.78, 5) is 12.9. The molecule has 1 amide bonds. The molecular weight excluding hydrogens is 421 g/mol. The van der Waals surface area contributed by atoms with Gasteiger partial charge in [0.2, 0.25) is 0 Å². The second kappa shape index (κ2) is 8.36. The third-order valence-corrected chi connectivity index (χ3v) is 6.73. The topological polar surface area (TPSA) is 62.1 Å². The lowest BCUT2D eigenvalue weighted by molar-refractivity contribution is -0.318. The van der Waals surface area contributed by atoms with Gasteiger partial charge in [0.05, 0.1) is 5.92 Å². The average Bonchev–Trinajstić information content (AvgIpc) is 2.98. The van der Waals surface area contributed by atoms with Crippen molar-refractivity contribution in [2.24, 2.45) is 22.4 Å². The first-order valence-electron chi connectivity index (χ1n) is 11.1. The van der Waals surface area contributed by atoms with Crippen molar-refractivity contribution >= 4 is 11.6 Å². The molecule has 3 atom stereocenters. The van der Waals surface area contributed by atoms with Crippen molar-refractivity contribution in [1.29, 1.82) is 0 Å². The zero-order valence-electron chi connectivity index (χ0n) is 19.6. The van der Waals surface area contributed by atoms with Crippen molar-refractivity contribution in [3.8, 4) is 5.75 Å². The van der Waals surface area contributed by atoms with Crippen LogP contribution in [-0.2, 0) is 4.79 Å². The largest absolute Gasteiger partial charge is 0.483 e. The number of hydrogen-bond acceptors (Lipinski definition) is 4. The molecule has 5 nitrogen and oxygen atoms in total. The SMILES string of the molecule is Cc1ccc(C(C)C)c(OCC(=O)N2N=C3CC[C@H](C(C)(C)C)C[C@H]3[C@@]2(O)C(F)(F)F)c1. The number of benzene rings is 1. The Bertz CT molecular complexity index is 905. The Morgan fingerprint density at radius 2 is 1.97 bits per heavy atom. The first-order valence-corrected chi connectivity index (χ1v) is 11.1. The summed E-state index contributed by atoms with van der Waals surface area (Å²) >= 11 is 0. The fraction of sp³-hybridized carbons (Fsp3) is 0.667. The lowest BCUT2D eigenvalue weighted by Gasteiger charge is -2.42. The van der Waals surface area contributed by atoms with Crippen LogP contribution in [0.4, 0.5) is 13.2 Å². The third kappa shape index (κ3) is 4.38. The molecule has 1 fully saturated rings. The highest BCUT2D eigenvalue weighted by atomic mass is 19.4. The van der Waals surface area contributed by atoms with E-state index in [1.54, 1.807) is 6.07 Å². The number of hydrogen-bond donors (Lipinski definition) is 1. The number of hydrazone groups is 1. The quantitative estimate of drug-likeness (QED) is 0.662. The summed E-state index contributed by atoms with van der Waals surface area (Å²) in [6, 6.07) is 5.54. The predicted molar refractivity (Wildman–Crippen MR) is 116 cm³/mol. The number of aryl methyl sites for hydroxylation is 1. The molecule has 1 aromatic rings.